The summed E-state index contributed by atoms with van der Waals surface area (Å²) in [6, 6.07) is 4.22. The lowest BCUT2D eigenvalue weighted by molar-refractivity contribution is -0.274. The van der Waals surface area contributed by atoms with Crippen LogP contribution in [0, 0.1) is 0 Å². The van der Waals surface area contributed by atoms with Gasteiger partial charge in [0, 0.05) is 23.6 Å². The first-order chi connectivity index (χ1) is 9.67. The Kier molecular flexibility index (Phi) is 4.48. The van der Waals surface area contributed by atoms with E-state index in [4.69, 9.17) is 0 Å². The van der Waals surface area contributed by atoms with Gasteiger partial charge in [0.05, 0.1) is 5.56 Å². The zero-order valence-corrected chi connectivity index (χ0v) is 13.0. The van der Waals surface area contributed by atoms with Crippen LogP contribution in [-0.4, -0.2) is 55.3 Å². The van der Waals surface area contributed by atoms with E-state index in [-0.39, 0.29) is 11.6 Å². The van der Waals surface area contributed by atoms with Crippen LogP contribution in [0.1, 0.15) is 10.4 Å². The van der Waals surface area contributed by atoms with Crippen molar-refractivity contribution in [2.45, 2.75) is 12.4 Å². The van der Waals surface area contributed by atoms with Gasteiger partial charge in [0.25, 0.3) is 5.91 Å². The molecule has 0 aliphatic carbocycles. The summed E-state index contributed by atoms with van der Waals surface area (Å²) in [5.41, 5.74) is -0.0901. The highest BCUT2D eigenvalue weighted by atomic mass is 79.9. The Labute approximate surface area is 128 Å². The van der Waals surface area contributed by atoms with Gasteiger partial charge in [-0.3, -0.25) is 4.79 Å². The summed E-state index contributed by atoms with van der Waals surface area (Å²) in [5, 5.41) is 0. The number of benzene rings is 1. The number of amides is 1. The van der Waals surface area contributed by atoms with Gasteiger partial charge in [-0.1, -0.05) is 15.9 Å². The molecule has 0 saturated carbocycles. The van der Waals surface area contributed by atoms with E-state index in [0.29, 0.717) is 17.6 Å². The standard InChI is InChI=1S/C13H14BrF3N2O2/c1-18(2)9-6-19(7-9)12(20)10-4-3-8(14)5-11(10)21-13(15,16)17/h3-5,9H,6-7H2,1-2H3. The van der Waals surface area contributed by atoms with Crippen molar-refractivity contribution in [1.82, 2.24) is 9.80 Å². The van der Waals surface area contributed by atoms with Crippen molar-refractivity contribution in [2.75, 3.05) is 27.2 Å². The summed E-state index contributed by atoms with van der Waals surface area (Å²) in [6.45, 7) is 0.987. The van der Waals surface area contributed by atoms with E-state index in [1.807, 2.05) is 19.0 Å². The molecule has 0 radical (unpaired) electrons. The quantitative estimate of drug-likeness (QED) is 0.824. The van der Waals surface area contributed by atoms with E-state index in [9.17, 15) is 18.0 Å². The minimum absolute atomic E-state index is 0.0901. The molecule has 0 unspecified atom stereocenters. The van der Waals surface area contributed by atoms with Crippen molar-refractivity contribution in [3.63, 3.8) is 0 Å². The molecular weight excluding hydrogens is 353 g/mol. The highest BCUT2D eigenvalue weighted by molar-refractivity contribution is 9.10. The monoisotopic (exact) mass is 366 g/mol. The van der Waals surface area contributed by atoms with Crippen molar-refractivity contribution in [3.05, 3.63) is 28.2 Å². The molecule has 21 heavy (non-hydrogen) atoms. The molecule has 0 spiro atoms. The molecule has 116 valence electrons. The van der Waals surface area contributed by atoms with E-state index in [2.05, 4.69) is 20.7 Å². The molecule has 4 nitrogen and oxygen atoms in total. The third kappa shape index (κ3) is 3.88. The van der Waals surface area contributed by atoms with Crippen molar-refractivity contribution in [3.8, 4) is 5.75 Å². The zero-order valence-electron chi connectivity index (χ0n) is 11.4. The number of hydrogen-bond donors (Lipinski definition) is 0. The summed E-state index contributed by atoms with van der Waals surface area (Å²) in [7, 11) is 3.79. The van der Waals surface area contributed by atoms with Gasteiger partial charge in [-0.05, 0) is 32.3 Å². The Balaban J connectivity index is 2.18. The number of nitrogens with zero attached hydrogens (tertiary/aromatic N) is 2. The molecule has 1 aliphatic heterocycles. The maximum absolute atomic E-state index is 12.4. The van der Waals surface area contributed by atoms with Gasteiger partial charge in [0.15, 0.2) is 0 Å². The van der Waals surface area contributed by atoms with E-state index in [0.717, 1.165) is 6.07 Å². The fraction of sp³-hybridized carbons (Fsp3) is 0.462. The van der Waals surface area contributed by atoms with Crippen LogP contribution in [0.2, 0.25) is 0 Å². The first-order valence-electron chi connectivity index (χ1n) is 6.18. The highest BCUT2D eigenvalue weighted by Crippen LogP contribution is 2.31. The summed E-state index contributed by atoms with van der Waals surface area (Å²) >= 11 is 3.07. The Morgan fingerprint density at radius 1 is 1.38 bits per heavy atom. The lowest BCUT2D eigenvalue weighted by Gasteiger charge is -2.42. The fourth-order valence-electron chi connectivity index (χ4n) is 2.00. The molecule has 2 rings (SSSR count). The van der Waals surface area contributed by atoms with Gasteiger partial charge in [-0.15, -0.1) is 13.2 Å². The SMILES string of the molecule is CN(C)C1CN(C(=O)c2ccc(Br)cc2OC(F)(F)F)C1. The number of alkyl halides is 3. The van der Waals surface area contributed by atoms with Crippen LogP contribution in [0.25, 0.3) is 0 Å². The molecule has 8 heteroatoms. The second-order valence-corrected chi connectivity index (χ2v) is 5.93. The highest BCUT2D eigenvalue weighted by Gasteiger charge is 2.36. The van der Waals surface area contributed by atoms with Gasteiger partial charge >= 0.3 is 6.36 Å². The van der Waals surface area contributed by atoms with Gasteiger partial charge in [-0.2, -0.15) is 0 Å². The van der Waals surface area contributed by atoms with E-state index < -0.39 is 18.0 Å². The third-order valence-electron chi connectivity index (χ3n) is 3.28. The number of ether oxygens (including phenoxy) is 1. The molecule has 1 aliphatic rings. The fourth-order valence-corrected chi connectivity index (χ4v) is 2.34. The summed E-state index contributed by atoms with van der Waals surface area (Å²) < 4.78 is 41.6. The molecular formula is C13H14BrF3N2O2. The first kappa shape index (κ1) is 16.1. The Bertz CT molecular complexity index is 543. The molecule has 1 aromatic rings. The number of likely N-dealkylation sites (N-methyl/N-ethyl adjacent to an activating group) is 1. The van der Waals surface area contributed by atoms with Crippen LogP contribution in [0.3, 0.4) is 0 Å². The largest absolute Gasteiger partial charge is 0.573 e. The van der Waals surface area contributed by atoms with E-state index in [1.165, 1.54) is 17.0 Å². The Hall–Kier alpha value is -1.28. The average molecular weight is 367 g/mol. The number of hydrogen-bond acceptors (Lipinski definition) is 3. The van der Waals surface area contributed by atoms with Gasteiger partial charge < -0.3 is 14.5 Å². The maximum Gasteiger partial charge on any atom is 0.573 e. The summed E-state index contributed by atoms with van der Waals surface area (Å²) in [5.74, 6) is -0.949. The zero-order chi connectivity index (χ0) is 15.8. The minimum atomic E-state index is -4.84. The summed E-state index contributed by atoms with van der Waals surface area (Å²) in [4.78, 5) is 15.7. The molecule has 1 aromatic carbocycles. The number of carbonyl (C=O) groups is 1. The minimum Gasteiger partial charge on any atom is -0.405 e. The predicted octanol–water partition coefficient (Wildman–Crippen LogP) is 2.73. The van der Waals surface area contributed by atoms with Crippen LogP contribution in [0.4, 0.5) is 13.2 Å². The number of halogens is 4. The van der Waals surface area contributed by atoms with Crippen LogP contribution in [0.5, 0.6) is 5.75 Å². The van der Waals surface area contributed by atoms with Crippen LogP contribution < -0.4 is 4.74 Å². The second-order valence-electron chi connectivity index (χ2n) is 5.02. The molecule has 1 saturated heterocycles. The van der Waals surface area contributed by atoms with Crippen molar-refractivity contribution < 1.29 is 22.7 Å². The maximum atomic E-state index is 12.4. The molecule has 0 bridgehead atoms. The third-order valence-corrected chi connectivity index (χ3v) is 3.77. The Morgan fingerprint density at radius 3 is 2.52 bits per heavy atom. The summed E-state index contributed by atoms with van der Waals surface area (Å²) in [6.07, 6.45) is -4.84. The molecule has 0 aromatic heterocycles. The van der Waals surface area contributed by atoms with Gasteiger partial charge in [0.1, 0.15) is 5.75 Å². The van der Waals surface area contributed by atoms with Crippen molar-refractivity contribution >= 4 is 21.8 Å². The topological polar surface area (TPSA) is 32.8 Å². The van der Waals surface area contributed by atoms with Crippen molar-refractivity contribution in [2.24, 2.45) is 0 Å². The smallest absolute Gasteiger partial charge is 0.405 e. The number of likely N-dealkylation sites (tertiary alicyclic amines) is 1. The number of carbonyl (C=O) groups excluding carboxylic acids is 1. The molecule has 1 heterocycles. The van der Waals surface area contributed by atoms with Gasteiger partial charge in [-0.25, -0.2) is 0 Å². The van der Waals surface area contributed by atoms with E-state index in [1.54, 1.807) is 0 Å². The average Bonchev–Trinajstić information content (AvgIpc) is 2.23. The molecule has 0 atom stereocenters. The molecule has 1 amide bonds. The first-order valence-corrected chi connectivity index (χ1v) is 6.97. The molecule has 0 N–H and O–H groups in total. The molecule has 1 fully saturated rings. The second kappa shape index (κ2) is 5.84. The van der Waals surface area contributed by atoms with Crippen molar-refractivity contribution in [1.29, 1.82) is 0 Å². The predicted molar refractivity (Wildman–Crippen MR) is 74.2 cm³/mol. The number of rotatable bonds is 3. The normalized spacial score (nSPS) is 16.0. The lowest BCUT2D eigenvalue weighted by atomic mass is 10.1. The van der Waals surface area contributed by atoms with Crippen LogP contribution in [-0.2, 0) is 0 Å². The van der Waals surface area contributed by atoms with E-state index >= 15 is 0 Å². The lowest BCUT2D eigenvalue weighted by Crippen LogP contribution is -2.59. The van der Waals surface area contributed by atoms with Crippen LogP contribution in [0.15, 0.2) is 22.7 Å². The van der Waals surface area contributed by atoms with Crippen LogP contribution >= 0.6 is 15.9 Å². The van der Waals surface area contributed by atoms with Gasteiger partial charge in [0.2, 0.25) is 0 Å². The Morgan fingerprint density at radius 2 is 2.00 bits per heavy atom.